The maximum absolute atomic E-state index is 5.35. The number of hydrogen-bond donors (Lipinski definition) is 1. The normalized spacial score (nSPS) is 23.0. The summed E-state index contributed by atoms with van der Waals surface area (Å²) in [6.07, 6.45) is 4.86. The Morgan fingerprint density at radius 1 is 1.42 bits per heavy atom. The van der Waals surface area contributed by atoms with Gasteiger partial charge in [-0.1, -0.05) is 29.8 Å². The van der Waals surface area contributed by atoms with Gasteiger partial charge in [-0.25, -0.2) is 0 Å². The third-order valence-electron chi connectivity index (χ3n) is 3.91. The topological polar surface area (TPSA) is 21.3 Å². The second-order valence-electron chi connectivity index (χ2n) is 6.04. The summed E-state index contributed by atoms with van der Waals surface area (Å²) in [6, 6.07) is 6.25. The number of hydrogen-bond acceptors (Lipinski definition) is 2. The van der Waals surface area contributed by atoms with Gasteiger partial charge < -0.3 is 10.1 Å². The van der Waals surface area contributed by atoms with Crippen LogP contribution in [0.25, 0.3) is 0 Å². The molecule has 1 aromatic carbocycles. The van der Waals surface area contributed by atoms with E-state index in [1.165, 1.54) is 29.3 Å². The van der Waals surface area contributed by atoms with E-state index in [1.54, 1.807) is 7.11 Å². The molecule has 1 aliphatic heterocycles. The first kappa shape index (κ1) is 14.9. The molecule has 0 amide bonds. The van der Waals surface area contributed by atoms with E-state index >= 15 is 0 Å². The maximum atomic E-state index is 5.35. The Labute approximate surface area is 125 Å². The molecule has 1 N–H and O–H groups in total. The lowest BCUT2D eigenvalue weighted by molar-refractivity contribution is 0.301. The van der Waals surface area contributed by atoms with E-state index in [0.717, 1.165) is 24.6 Å². The van der Waals surface area contributed by atoms with Crippen LogP contribution in [0, 0.1) is 5.92 Å². The Kier molecular flexibility index (Phi) is 4.91. The van der Waals surface area contributed by atoms with Gasteiger partial charge in [-0.05, 0) is 61.9 Å². The van der Waals surface area contributed by atoms with E-state index in [0.29, 0.717) is 0 Å². The van der Waals surface area contributed by atoms with Crippen LogP contribution in [-0.4, -0.2) is 19.2 Å². The predicted molar refractivity (Wildman–Crippen MR) is 83.8 cm³/mol. The summed E-state index contributed by atoms with van der Waals surface area (Å²) in [5.41, 5.74) is 1.61. The first-order valence-electron chi connectivity index (χ1n) is 7.12. The second kappa shape index (κ2) is 6.27. The number of rotatable bonds is 5. The van der Waals surface area contributed by atoms with Gasteiger partial charge in [-0.3, -0.25) is 0 Å². The Bertz CT molecular complexity index is 425. The lowest BCUT2D eigenvalue weighted by Gasteiger charge is -2.32. The van der Waals surface area contributed by atoms with E-state index in [-0.39, 0.29) is 5.54 Å². The molecule has 0 bridgehead atoms. The highest BCUT2D eigenvalue weighted by atomic mass is 79.9. The number of halogens is 1. The highest BCUT2D eigenvalue weighted by Crippen LogP contribution is 2.34. The van der Waals surface area contributed by atoms with Gasteiger partial charge in [0.05, 0.1) is 7.11 Å². The van der Waals surface area contributed by atoms with E-state index in [1.807, 2.05) is 6.07 Å². The number of nitrogens with one attached hydrogen (secondary N) is 1. The van der Waals surface area contributed by atoms with Crippen molar-refractivity contribution in [1.82, 2.24) is 5.32 Å². The van der Waals surface area contributed by atoms with Gasteiger partial charge in [-0.15, -0.1) is 0 Å². The minimum Gasteiger partial charge on any atom is -0.497 e. The molecule has 3 heteroatoms. The average molecular weight is 326 g/mol. The SMILES string of the molecule is COc1ccc(Br)c(CC2(CC(C)C)CCCN2)c1. The molecule has 1 atom stereocenters. The van der Waals surface area contributed by atoms with Crippen molar-refractivity contribution < 1.29 is 4.74 Å². The van der Waals surface area contributed by atoms with E-state index in [9.17, 15) is 0 Å². The van der Waals surface area contributed by atoms with Crippen molar-refractivity contribution in [3.63, 3.8) is 0 Å². The molecule has 2 rings (SSSR count). The Hall–Kier alpha value is -0.540. The fourth-order valence-corrected chi connectivity index (χ4v) is 3.61. The number of methoxy groups -OCH3 is 1. The third kappa shape index (κ3) is 3.73. The van der Waals surface area contributed by atoms with Gasteiger partial charge in [0.25, 0.3) is 0 Å². The second-order valence-corrected chi connectivity index (χ2v) is 6.90. The molecule has 1 heterocycles. The molecular formula is C16H24BrNO. The largest absolute Gasteiger partial charge is 0.497 e. The minimum absolute atomic E-state index is 0.267. The van der Waals surface area contributed by atoms with Gasteiger partial charge >= 0.3 is 0 Å². The van der Waals surface area contributed by atoms with Gasteiger partial charge in [-0.2, -0.15) is 0 Å². The molecule has 2 nitrogen and oxygen atoms in total. The van der Waals surface area contributed by atoms with Crippen LogP contribution >= 0.6 is 15.9 Å². The van der Waals surface area contributed by atoms with Crippen molar-refractivity contribution in [2.75, 3.05) is 13.7 Å². The Morgan fingerprint density at radius 3 is 2.79 bits per heavy atom. The predicted octanol–water partition coefficient (Wildman–Crippen LogP) is 4.17. The van der Waals surface area contributed by atoms with Crippen LogP contribution in [0.5, 0.6) is 5.75 Å². The fourth-order valence-electron chi connectivity index (χ4n) is 3.23. The van der Waals surface area contributed by atoms with Crippen molar-refractivity contribution in [2.24, 2.45) is 5.92 Å². The van der Waals surface area contributed by atoms with Crippen molar-refractivity contribution in [1.29, 1.82) is 0 Å². The number of benzene rings is 1. The van der Waals surface area contributed by atoms with Crippen LogP contribution in [0.4, 0.5) is 0 Å². The summed E-state index contributed by atoms with van der Waals surface area (Å²) in [7, 11) is 1.73. The zero-order chi connectivity index (χ0) is 13.9. The van der Waals surface area contributed by atoms with Crippen molar-refractivity contribution >= 4 is 15.9 Å². The zero-order valence-corrected chi connectivity index (χ0v) is 13.7. The van der Waals surface area contributed by atoms with Crippen LogP contribution in [0.2, 0.25) is 0 Å². The van der Waals surface area contributed by atoms with Gasteiger partial charge in [0.15, 0.2) is 0 Å². The summed E-state index contributed by atoms with van der Waals surface area (Å²) >= 11 is 3.67. The molecular weight excluding hydrogens is 302 g/mol. The molecule has 0 saturated carbocycles. The minimum atomic E-state index is 0.267. The first-order chi connectivity index (χ1) is 9.04. The smallest absolute Gasteiger partial charge is 0.119 e. The number of ether oxygens (including phenoxy) is 1. The van der Waals surface area contributed by atoms with Crippen molar-refractivity contribution in [3.8, 4) is 5.75 Å². The molecule has 0 aliphatic carbocycles. The summed E-state index contributed by atoms with van der Waals surface area (Å²) < 4.78 is 6.53. The van der Waals surface area contributed by atoms with Crippen LogP contribution in [0.15, 0.2) is 22.7 Å². The monoisotopic (exact) mass is 325 g/mol. The average Bonchev–Trinajstić information content (AvgIpc) is 2.79. The zero-order valence-electron chi connectivity index (χ0n) is 12.1. The Morgan fingerprint density at radius 2 is 2.21 bits per heavy atom. The Balaban J connectivity index is 2.21. The first-order valence-corrected chi connectivity index (χ1v) is 7.91. The molecule has 1 fully saturated rings. The van der Waals surface area contributed by atoms with Crippen molar-refractivity contribution in [2.45, 2.75) is 45.1 Å². The van der Waals surface area contributed by atoms with Crippen LogP contribution in [-0.2, 0) is 6.42 Å². The van der Waals surface area contributed by atoms with Gasteiger partial charge in [0.1, 0.15) is 5.75 Å². The standard InChI is InChI=1S/C16H24BrNO/c1-12(2)10-16(7-4-8-18-16)11-13-9-14(19-3)5-6-15(13)17/h5-6,9,12,18H,4,7-8,10-11H2,1-3H3. The molecule has 106 valence electrons. The summed E-state index contributed by atoms with van der Waals surface area (Å²) in [4.78, 5) is 0. The molecule has 1 aliphatic rings. The van der Waals surface area contributed by atoms with Crippen LogP contribution in [0.1, 0.15) is 38.7 Å². The molecule has 19 heavy (non-hydrogen) atoms. The molecule has 0 radical (unpaired) electrons. The fraction of sp³-hybridized carbons (Fsp3) is 0.625. The van der Waals surface area contributed by atoms with Crippen molar-refractivity contribution in [3.05, 3.63) is 28.2 Å². The highest BCUT2D eigenvalue weighted by Gasteiger charge is 2.34. The quantitative estimate of drug-likeness (QED) is 0.877. The molecule has 1 saturated heterocycles. The molecule has 0 aromatic heterocycles. The van der Waals surface area contributed by atoms with E-state index < -0.39 is 0 Å². The highest BCUT2D eigenvalue weighted by molar-refractivity contribution is 9.10. The van der Waals surface area contributed by atoms with Crippen LogP contribution < -0.4 is 10.1 Å². The molecule has 0 spiro atoms. The summed E-state index contributed by atoms with van der Waals surface area (Å²) in [5.74, 6) is 1.66. The maximum Gasteiger partial charge on any atom is 0.119 e. The summed E-state index contributed by atoms with van der Waals surface area (Å²) in [6.45, 7) is 5.76. The van der Waals surface area contributed by atoms with Crippen LogP contribution in [0.3, 0.4) is 0 Å². The molecule has 1 unspecified atom stereocenters. The molecule has 1 aromatic rings. The van der Waals surface area contributed by atoms with E-state index in [2.05, 4.69) is 47.2 Å². The summed E-state index contributed by atoms with van der Waals surface area (Å²) in [5, 5.41) is 3.75. The lowest BCUT2D eigenvalue weighted by atomic mass is 9.82. The van der Waals surface area contributed by atoms with Gasteiger partial charge in [0, 0.05) is 10.0 Å². The van der Waals surface area contributed by atoms with Gasteiger partial charge in [0.2, 0.25) is 0 Å². The third-order valence-corrected chi connectivity index (χ3v) is 4.69. The van der Waals surface area contributed by atoms with E-state index in [4.69, 9.17) is 4.74 Å². The lowest BCUT2D eigenvalue weighted by Crippen LogP contribution is -2.43.